The van der Waals surface area contributed by atoms with E-state index in [1.54, 1.807) is 13.4 Å². The zero-order valence-corrected chi connectivity index (χ0v) is 14.1. The first-order chi connectivity index (χ1) is 11.7. The Balaban J connectivity index is 1.64. The fourth-order valence-corrected chi connectivity index (χ4v) is 3.05. The fourth-order valence-electron chi connectivity index (χ4n) is 3.05. The number of hydrogen-bond acceptors (Lipinski definition) is 4. The van der Waals surface area contributed by atoms with Crippen LogP contribution in [0.4, 0.5) is 0 Å². The quantitative estimate of drug-likeness (QED) is 0.913. The molecule has 2 aromatic rings. The van der Waals surface area contributed by atoms with Crippen molar-refractivity contribution in [2.24, 2.45) is 7.05 Å². The van der Waals surface area contributed by atoms with E-state index in [9.17, 15) is 4.79 Å². The average molecular weight is 329 g/mol. The largest absolute Gasteiger partial charge is 0.380 e. The number of benzene rings is 1. The smallest absolute Gasteiger partial charge is 0.251 e. The van der Waals surface area contributed by atoms with E-state index >= 15 is 0 Å². The Bertz CT molecular complexity index is 698. The second kappa shape index (κ2) is 7.59. The van der Waals surface area contributed by atoms with Crippen molar-refractivity contribution in [3.8, 4) is 0 Å². The van der Waals surface area contributed by atoms with E-state index < -0.39 is 0 Å². The molecule has 0 spiro atoms. The molecular formula is C18H23N3O3. The number of aromatic nitrogens is 2. The molecule has 0 radical (unpaired) electrons. The van der Waals surface area contributed by atoms with E-state index in [-0.39, 0.29) is 18.1 Å². The lowest BCUT2D eigenvalue weighted by molar-refractivity contribution is -0.00301. The number of ether oxygens (including phenoxy) is 2. The van der Waals surface area contributed by atoms with Gasteiger partial charge >= 0.3 is 0 Å². The van der Waals surface area contributed by atoms with Gasteiger partial charge in [0.2, 0.25) is 0 Å². The summed E-state index contributed by atoms with van der Waals surface area (Å²) in [4.78, 5) is 16.7. The maximum Gasteiger partial charge on any atom is 0.251 e. The maximum atomic E-state index is 12.5. The van der Waals surface area contributed by atoms with Gasteiger partial charge < -0.3 is 19.4 Å². The topological polar surface area (TPSA) is 65.4 Å². The van der Waals surface area contributed by atoms with Crippen LogP contribution in [0.3, 0.4) is 0 Å². The molecule has 0 bridgehead atoms. The normalized spacial score (nSPS) is 20.8. The Morgan fingerprint density at radius 2 is 2.38 bits per heavy atom. The third-order valence-corrected chi connectivity index (χ3v) is 4.30. The molecule has 6 nitrogen and oxygen atoms in total. The van der Waals surface area contributed by atoms with Crippen molar-refractivity contribution in [3.05, 3.63) is 53.6 Å². The third-order valence-electron chi connectivity index (χ3n) is 4.30. The van der Waals surface area contributed by atoms with Crippen LogP contribution in [-0.2, 0) is 23.1 Å². The van der Waals surface area contributed by atoms with E-state index in [1.165, 1.54) is 0 Å². The van der Waals surface area contributed by atoms with Gasteiger partial charge in [-0.05, 0) is 30.5 Å². The Morgan fingerprint density at radius 3 is 3.12 bits per heavy atom. The van der Waals surface area contributed by atoms with E-state index in [4.69, 9.17) is 9.47 Å². The van der Waals surface area contributed by atoms with Crippen molar-refractivity contribution < 1.29 is 14.3 Å². The second-order valence-corrected chi connectivity index (χ2v) is 6.12. The summed E-state index contributed by atoms with van der Waals surface area (Å²) in [6.07, 6.45) is 5.13. The molecule has 2 heterocycles. The summed E-state index contributed by atoms with van der Waals surface area (Å²) in [6, 6.07) is 7.62. The first kappa shape index (κ1) is 16.7. The summed E-state index contributed by atoms with van der Waals surface area (Å²) in [5.41, 5.74) is 2.69. The van der Waals surface area contributed by atoms with Crippen molar-refractivity contribution in [2.75, 3.05) is 13.7 Å². The number of hydrogen-bond donors (Lipinski definition) is 1. The molecule has 128 valence electrons. The van der Waals surface area contributed by atoms with Crippen LogP contribution in [0.1, 0.15) is 40.6 Å². The predicted molar refractivity (Wildman–Crippen MR) is 89.5 cm³/mol. The van der Waals surface area contributed by atoms with Crippen molar-refractivity contribution in [1.29, 1.82) is 0 Å². The van der Waals surface area contributed by atoms with Gasteiger partial charge in [-0.1, -0.05) is 12.1 Å². The summed E-state index contributed by atoms with van der Waals surface area (Å²) in [5, 5.41) is 3.13. The zero-order chi connectivity index (χ0) is 16.9. The Kier molecular flexibility index (Phi) is 5.27. The van der Waals surface area contributed by atoms with Crippen LogP contribution in [-0.4, -0.2) is 35.2 Å². The minimum atomic E-state index is -0.0522. The van der Waals surface area contributed by atoms with Gasteiger partial charge in [-0.3, -0.25) is 4.79 Å². The second-order valence-electron chi connectivity index (χ2n) is 6.12. The number of methoxy groups -OCH3 is 1. The van der Waals surface area contributed by atoms with E-state index in [1.807, 2.05) is 42.1 Å². The molecule has 0 aliphatic carbocycles. The molecule has 1 aromatic carbocycles. The van der Waals surface area contributed by atoms with Gasteiger partial charge in [-0.2, -0.15) is 0 Å². The molecular weight excluding hydrogens is 306 g/mol. The van der Waals surface area contributed by atoms with E-state index in [0.717, 1.165) is 24.1 Å². The molecule has 3 rings (SSSR count). The molecule has 1 saturated heterocycles. The minimum absolute atomic E-state index is 0.0311. The molecule has 1 aliphatic rings. The number of nitrogens with one attached hydrogen (secondary N) is 1. The number of nitrogens with zero attached hydrogens (tertiary/aromatic N) is 2. The van der Waals surface area contributed by atoms with Gasteiger partial charge in [-0.25, -0.2) is 4.98 Å². The van der Waals surface area contributed by atoms with Gasteiger partial charge in [0, 0.05) is 32.4 Å². The molecule has 1 amide bonds. The van der Waals surface area contributed by atoms with Crippen LogP contribution in [0.25, 0.3) is 0 Å². The summed E-state index contributed by atoms with van der Waals surface area (Å²) < 4.78 is 12.9. The molecule has 6 heteroatoms. The first-order valence-electron chi connectivity index (χ1n) is 8.14. The maximum absolute atomic E-state index is 12.5. The highest BCUT2D eigenvalue weighted by molar-refractivity contribution is 5.94. The number of imidazole rings is 1. The SMILES string of the molecule is COCc1cccc(C(=O)N[C@H]2CCO[C@H](c3cncn3C)C2)c1. The Labute approximate surface area is 141 Å². The summed E-state index contributed by atoms with van der Waals surface area (Å²) >= 11 is 0. The molecule has 0 saturated carbocycles. The highest BCUT2D eigenvalue weighted by Gasteiger charge is 2.27. The number of carbonyl (C=O) groups is 1. The van der Waals surface area contributed by atoms with Crippen molar-refractivity contribution in [2.45, 2.75) is 31.6 Å². The van der Waals surface area contributed by atoms with Crippen LogP contribution in [0.5, 0.6) is 0 Å². The number of aryl methyl sites for hydroxylation is 1. The van der Waals surface area contributed by atoms with Crippen LogP contribution in [0.15, 0.2) is 36.8 Å². The molecule has 1 aliphatic heterocycles. The van der Waals surface area contributed by atoms with Gasteiger partial charge in [0.15, 0.2) is 0 Å². The lowest BCUT2D eigenvalue weighted by Gasteiger charge is -2.30. The van der Waals surface area contributed by atoms with E-state index in [0.29, 0.717) is 18.8 Å². The van der Waals surface area contributed by atoms with Crippen LogP contribution >= 0.6 is 0 Å². The highest BCUT2D eigenvalue weighted by atomic mass is 16.5. The Morgan fingerprint density at radius 1 is 1.50 bits per heavy atom. The van der Waals surface area contributed by atoms with Gasteiger partial charge in [0.05, 0.1) is 24.8 Å². The van der Waals surface area contributed by atoms with Crippen molar-refractivity contribution >= 4 is 5.91 Å². The summed E-state index contributed by atoms with van der Waals surface area (Å²) in [7, 11) is 3.60. The average Bonchev–Trinajstić information content (AvgIpc) is 3.02. The van der Waals surface area contributed by atoms with Crippen LogP contribution in [0.2, 0.25) is 0 Å². The first-order valence-corrected chi connectivity index (χ1v) is 8.14. The third kappa shape index (κ3) is 3.83. The number of carbonyl (C=O) groups excluding carboxylic acids is 1. The fraction of sp³-hybridized carbons (Fsp3) is 0.444. The van der Waals surface area contributed by atoms with Gasteiger partial charge in [-0.15, -0.1) is 0 Å². The Hall–Kier alpha value is -2.18. The highest BCUT2D eigenvalue weighted by Crippen LogP contribution is 2.27. The number of amides is 1. The van der Waals surface area contributed by atoms with E-state index in [2.05, 4.69) is 10.3 Å². The minimum Gasteiger partial charge on any atom is -0.380 e. The van der Waals surface area contributed by atoms with Gasteiger partial charge in [0.1, 0.15) is 6.10 Å². The molecule has 1 N–H and O–H groups in total. The number of rotatable bonds is 5. The predicted octanol–water partition coefficient (Wildman–Crippen LogP) is 2.22. The molecule has 2 atom stereocenters. The standard InChI is InChI=1S/C18H23N3O3/c1-21-12-19-10-16(21)17-9-15(6-7-24-17)20-18(22)14-5-3-4-13(8-14)11-23-2/h3-5,8,10,12,15,17H,6-7,9,11H2,1-2H3,(H,20,22)/t15-,17-/m0/s1. The summed E-state index contributed by atoms with van der Waals surface area (Å²) in [5.74, 6) is -0.0522. The van der Waals surface area contributed by atoms with Crippen LogP contribution in [0, 0.1) is 0 Å². The molecule has 1 aromatic heterocycles. The monoisotopic (exact) mass is 329 g/mol. The lowest BCUT2D eigenvalue weighted by atomic mass is 10.0. The zero-order valence-electron chi connectivity index (χ0n) is 14.1. The van der Waals surface area contributed by atoms with Crippen molar-refractivity contribution in [3.63, 3.8) is 0 Å². The molecule has 24 heavy (non-hydrogen) atoms. The molecule has 0 unspecified atom stereocenters. The van der Waals surface area contributed by atoms with Gasteiger partial charge in [0.25, 0.3) is 5.91 Å². The lowest BCUT2D eigenvalue weighted by Crippen LogP contribution is -2.40. The van der Waals surface area contributed by atoms with Crippen LogP contribution < -0.4 is 5.32 Å². The molecule has 1 fully saturated rings. The summed E-state index contributed by atoms with van der Waals surface area (Å²) in [6.45, 7) is 1.13. The van der Waals surface area contributed by atoms with Crippen molar-refractivity contribution in [1.82, 2.24) is 14.9 Å².